The van der Waals surface area contributed by atoms with Crippen molar-refractivity contribution in [1.82, 2.24) is 4.90 Å². The fourth-order valence-electron chi connectivity index (χ4n) is 11.8. The van der Waals surface area contributed by atoms with Crippen molar-refractivity contribution < 1.29 is 52.2 Å². The number of carbonyl (C=O) groups is 3. The summed E-state index contributed by atoms with van der Waals surface area (Å²) < 4.78 is 46.4. The van der Waals surface area contributed by atoms with Gasteiger partial charge in [0.2, 0.25) is 0 Å². The Labute approximate surface area is 373 Å². The minimum absolute atomic E-state index is 0.0687. The van der Waals surface area contributed by atoms with Crippen LogP contribution in [0.4, 0.5) is 0 Å². The zero-order chi connectivity index (χ0) is 46.1. The molecule has 1 spiro atoms. The molecule has 338 valence electrons. The normalized spacial score (nSPS) is 28.7. The third-order valence-corrected chi connectivity index (χ3v) is 14.8. The second-order valence-electron chi connectivity index (χ2n) is 19.4. The van der Waals surface area contributed by atoms with E-state index in [0.717, 1.165) is 11.1 Å². The summed E-state index contributed by atoms with van der Waals surface area (Å²) in [5, 5.41) is 0. The Morgan fingerprint density at radius 3 is 2.34 bits per heavy atom. The van der Waals surface area contributed by atoms with Crippen molar-refractivity contribution in [1.29, 1.82) is 0 Å². The van der Waals surface area contributed by atoms with Crippen molar-refractivity contribution in [3.05, 3.63) is 104 Å². The lowest BCUT2D eigenvalue weighted by atomic mass is 9.44. The molecule has 0 aromatic heterocycles. The third-order valence-electron chi connectivity index (χ3n) is 14.3. The average molecular weight is 893 g/mol. The van der Waals surface area contributed by atoms with Gasteiger partial charge in [0.15, 0.2) is 28.5 Å². The first-order valence-electron chi connectivity index (χ1n) is 22.1. The largest absolute Gasteiger partial charge is 0.524 e. The van der Waals surface area contributed by atoms with Gasteiger partial charge in [0.1, 0.15) is 17.1 Å². The van der Waals surface area contributed by atoms with Crippen LogP contribution in [0.3, 0.4) is 0 Å². The summed E-state index contributed by atoms with van der Waals surface area (Å²) in [6, 6.07) is 7.33. The number of nitrogens with zero attached hydrogens (tertiary/aromatic N) is 1. The first kappa shape index (κ1) is 44.2. The van der Waals surface area contributed by atoms with Crippen molar-refractivity contribution >= 4 is 42.8 Å². The number of phosphoric acid groups is 1. The maximum absolute atomic E-state index is 15.8. The molecule has 4 heterocycles. The van der Waals surface area contributed by atoms with E-state index in [9.17, 15) is 23.9 Å². The lowest BCUT2D eigenvalue weighted by Gasteiger charge is -2.63. The summed E-state index contributed by atoms with van der Waals surface area (Å²) in [6.07, 6.45) is 11.4. The standard InChI is InChI=1S/C50H57N2O11P/c1-26(2)13-12-20-48(8)21-19-32-42(60-48)31(17-16-27(3)4)43-37(44(32)62-64(56,57)58)40-38-35(36-39(52(40)24-23-51)29-14-10-11-15-30(29)41(36)53)33-25-34-47(6,7)63-49(45(33)54,50(34,38)61-43)22-18-28(5)46(55)59-9/h10-11,13-16,18-19,21,33-35H,12,17,20,22-25,51H2,1-9H3,(H2,56,57,58). The molecule has 4 bridgehead atoms. The van der Waals surface area contributed by atoms with Gasteiger partial charge in [-0.25, -0.2) is 9.36 Å². The highest BCUT2D eigenvalue weighted by Gasteiger charge is 2.84. The quantitative estimate of drug-likeness (QED) is 0.0803. The van der Waals surface area contributed by atoms with E-state index in [-0.39, 0.29) is 60.1 Å². The predicted octanol–water partition coefficient (Wildman–Crippen LogP) is 8.19. The monoisotopic (exact) mass is 892 g/mol. The van der Waals surface area contributed by atoms with Gasteiger partial charge < -0.3 is 34.1 Å². The number of carbonyl (C=O) groups excluding carboxylic acids is 3. The molecule has 6 unspecified atom stereocenters. The van der Waals surface area contributed by atoms with E-state index in [4.69, 9.17) is 29.2 Å². The van der Waals surface area contributed by atoms with Gasteiger partial charge in [0.25, 0.3) is 0 Å². The Morgan fingerprint density at radius 1 is 0.984 bits per heavy atom. The van der Waals surface area contributed by atoms with E-state index in [1.165, 1.54) is 7.11 Å². The number of methoxy groups -OCH3 is 1. The van der Waals surface area contributed by atoms with Crippen LogP contribution in [-0.4, -0.2) is 74.8 Å². The third kappa shape index (κ3) is 6.25. The number of ketones is 2. The van der Waals surface area contributed by atoms with Crippen molar-refractivity contribution in [2.24, 2.45) is 23.5 Å². The summed E-state index contributed by atoms with van der Waals surface area (Å²) in [4.78, 5) is 67.4. The minimum atomic E-state index is -5.31. The number of nitrogens with two attached hydrogens (primary N) is 1. The molecule has 1 saturated heterocycles. The smallest absolute Gasteiger partial charge is 0.482 e. The molecule has 3 saturated carbocycles. The van der Waals surface area contributed by atoms with Gasteiger partial charge in [0.05, 0.1) is 35.2 Å². The van der Waals surface area contributed by atoms with Gasteiger partial charge >= 0.3 is 13.8 Å². The molecule has 6 atom stereocenters. The Balaban J connectivity index is 1.44. The lowest BCUT2D eigenvalue weighted by Crippen LogP contribution is -2.75. The molecule has 0 radical (unpaired) electrons. The fourth-order valence-corrected chi connectivity index (χ4v) is 12.2. The Kier molecular flexibility index (Phi) is 10.4. The fraction of sp³-hybridized carbons (Fsp3) is 0.460. The highest BCUT2D eigenvalue weighted by Crippen LogP contribution is 2.75. The summed E-state index contributed by atoms with van der Waals surface area (Å²) in [5.74, 6) is -2.68. The molecule has 0 amide bonds. The van der Waals surface area contributed by atoms with Crippen LogP contribution >= 0.6 is 7.82 Å². The highest BCUT2D eigenvalue weighted by molar-refractivity contribution is 7.46. The van der Waals surface area contributed by atoms with Crippen molar-refractivity contribution in [2.45, 2.75) is 110 Å². The van der Waals surface area contributed by atoms with E-state index in [1.54, 1.807) is 19.1 Å². The highest BCUT2D eigenvalue weighted by atomic mass is 31.2. The first-order valence-corrected chi connectivity index (χ1v) is 23.6. The van der Waals surface area contributed by atoms with Crippen LogP contribution in [0.2, 0.25) is 0 Å². The van der Waals surface area contributed by atoms with Crippen molar-refractivity contribution in [3.8, 4) is 17.2 Å². The second kappa shape index (κ2) is 15.0. The molecule has 2 aromatic rings. The molecule has 4 fully saturated rings. The number of hydrogen-bond donors (Lipinski definition) is 3. The molecule has 2 aromatic carbocycles. The Bertz CT molecular complexity index is 2690. The molecule has 10 rings (SSSR count). The molecule has 13 nitrogen and oxygen atoms in total. The summed E-state index contributed by atoms with van der Waals surface area (Å²) in [7, 11) is -4.01. The minimum Gasteiger partial charge on any atom is -0.482 e. The number of Topliss-reactive ketones (excluding diaryl/α,β-unsaturated/α-hetero) is 2. The van der Waals surface area contributed by atoms with E-state index < -0.39 is 53.9 Å². The number of allylic oxidation sites excluding steroid dienone is 5. The van der Waals surface area contributed by atoms with E-state index in [2.05, 4.69) is 6.08 Å². The van der Waals surface area contributed by atoms with Gasteiger partial charge in [-0.1, -0.05) is 53.6 Å². The maximum atomic E-state index is 15.8. The van der Waals surface area contributed by atoms with Gasteiger partial charge in [-0.15, -0.1) is 0 Å². The van der Waals surface area contributed by atoms with Crippen LogP contribution < -0.4 is 19.7 Å². The van der Waals surface area contributed by atoms with Crippen LogP contribution in [0.5, 0.6) is 17.2 Å². The van der Waals surface area contributed by atoms with Crippen LogP contribution in [0.25, 0.3) is 17.5 Å². The molecule has 64 heavy (non-hydrogen) atoms. The number of esters is 1. The zero-order valence-corrected chi connectivity index (χ0v) is 38.8. The van der Waals surface area contributed by atoms with Crippen molar-refractivity contribution in [2.75, 3.05) is 20.2 Å². The van der Waals surface area contributed by atoms with Gasteiger partial charge in [0, 0.05) is 70.7 Å². The molecular formula is C50H57N2O11P. The Morgan fingerprint density at radius 2 is 1.69 bits per heavy atom. The van der Waals surface area contributed by atoms with Gasteiger partial charge in [-0.2, -0.15) is 0 Å². The second-order valence-corrected chi connectivity index (χ2v) is 20.6. The lowest BCUT2D eigenvalue weighted by molar-refractivity contribution is -0.181. The Hall–Kier alpha value is -5.04. The summed E-state index contributed by atoms with van der Waals surface area (Å²) in [5.41, 5.74) is 8.23. The van der Waals surface area contributed by atoms with E-state index in [0.29, 0.717) is 69.8 Å². The predicted molar refractivity (Wildman–Crippen MR) is 241 cm³/mol. The summed E-state index contributed by atoms with van der Waals surface area (Å²) in [6.45, 7) is 15.8. The van der Waals surface area contributed by atoms with Gasteiger partial charge in [-0.3, -0.25) is 19.4 Å². The molecule has 8 aliphatic rings. The number of phosphoric ester groups is 1. The van der Waals surface area contributed by atoms with Crippen LogP contribution in [0.15, 0.2) is 76.4 Å². The molecular weight excluding hydrogens is 836 g/mol. The van der Waals surface area contributed by atoms with E-state index in [1.807, 2.05) is 89.8 Å². The molecule has 4 aliphatic heterocycles. The number of ether oxygens (including phenoxy) is 4. The topological polar surface area (TPSA) is 184 Å². The summed E-state index contributed by atoms with van der Waals surface area (Å²) >= 11 is 0. The SMILES string of the molecule is COC(=O)C(C)=CCC12OC(C)(C)C3CC(C1=O)C1C4=C(c5ccccc5C4=O)N(CCN)C4=C1C32Oc1c(CC=C(C)C)c2c(c(OP(=O)(O)O)c14)C=CC(C)(CCC=C(C)C)O2. The first-order chi connectivity index (χ1) is 30.1. The average Bonchev–Trinajstić information content (AvgIpc) is 3.59. The molecule has 4 N–H and O–H groups in total. The zero-order valence-electron chi connectivity index (χ0n) is 37.9. The van der Waals surface area contributed by atoms with Crippen LogP contribution in [-0.2, 0) is 30.0 Å². The van der Waals surface area contributed by atoms with Crippen molar-refractivity contribution in [3.63, 3.8) is 0 Å². The molecule has 14 heteroatoms. The maximum Gasteiger partial charge on any atom is 0.524 e. The van der Waals surface area contributed by atoms with Crippen LogP contribution in [0, 0.1) is 17.8 Å². The van der Waals surface area contributed by atoms with E-state index >= 15 is 4.79 Å². The number of fused-ring (bicyclic) bond motifs is 5. The number of benzene rings is 2. The van der Waals surface area contributed by atoms with Crippen LogP contribution in [0.1, 0.15) is 114 Å². The van der Waals surface area contributed by atoms with Gasteiger partial charge in [-0.05, 0) is 93.2 Å². The number of hydrogen-bond acceptors (Lipinski definition) is 11. The molecule has 4 aliphatic carbocycles. The number of rotatable bonds is 12.